The number of anilines is 5. The summed E-state index contributed by atoms with van der Waals surface area (Å²) in [4.78, 5) is 34.1. The van der Waals surface area contributed by atoms with Crippen LogP contribution in [0, 0.1) is 6.92 Å². The minimum atomic E-state index is -0.113. The number of hydrogen-bond acceptors (Lipinski definition) is 10. The lowest BCUT2D eigenvalue weighted by Crippen LogP contribution is -2.32. The molecule has 182 valence electrons. The van der Waals surface area contributed by atoms with Crippen LogP contribution in [-0.2, 0) is 17.8 Å². The monoisotopic (exact) mass is 475 g/mol. The molecule has 11 heteroatoms. The molecule has 35 heavy (non-hydrogen) atoms. The molecule has 0 spiro atoms. The molecule has 0 aromatic carbocycles. The van der Waals surface area contributed by atoms with Gasteiger partial charge in [0.2, 0.25) is 17.7 Å². The number of aromatic nitrogens is 4. The Hall–Kier alpha value is -3.99. The van der Waals surface area contributed by atoms with Gasteiger partial charge < -0.3 is 30.5 Å². The van der Waals surface area contributed by atoms with Crippen molar-refractivity contribution in [2.45, 2.75) is 19.9 Å². The number of fused-ring (bicyclic) bond motifs is 2. The van der Waals surface area contributed by atoms with Crippen molar-refractivity contribution < 1.29 is 9.53 Å². The van der Waals surface area contributed by atoms with Gasteiger partial charge in [0, 0.05) is 24.8 Å². The van der Waals surface area contributed by atoms with Gasteiger partial charge in [0.15, 0.2) is 0 Å². The average molecular weight is 476 g/mol. The Kier molecular flexibility index (Phi) is 6.32. The Morgan fingerprint density at radius 3 is 2.89 bits per heavy atom. The van der Waals surface area contributed by atoms with E-state index in [0.29, 0.717) is 37.3 Å². The fraction of sp³-hybridized carbons (Fsp3) is 0.375. The van der Waals surface area contributed by atoms with E-state index in [9.17, 15) is 4.79 Å². The first-order valence-electron chi connectivity index (χ1n) is 11.6. The largest absolute Gasteiger partial charge is 0.474 e. The molecular weight excluding hydrogens is 446 g/mol. The van der Waals surface area contributed by atoms with Crippen LogP contribution in [-0.4, -0.2) is 71.1 Å². The van der Waals surface area contributed by atoms with E-state index in [1.807, 2.05) is 32.6 Å². The average Bonchev–Trinajstić information content (AvgIpc) is 2.85. The third-order valence-corrected chi connectivity index (χ3v) is 5.95. The van der Waals surface area contributed by atoms with Gasteiger partial charge in [-0.05, 0) is 45.1 Å². The molecule has 3 aromatic heterocycles. The predicted molar refractivity (Wildman–Crippen MR) is 134 cm³/mol. The molecule has 0 aliphatic carbocycles. The standard InChI is InChI=1S/C24H29N9O2/c1-15-19(12-27-23-22(15)25-7-9-35-23)33-8-6-16-10-28-24(30-18(16)13-33)29-17-4-5-20(26-11-17)31-21(34)14-32(2)3/h4-5,10-12,25H,6-9,13-14H2,1-3H3,(H,26,31,34)(H,28,29,30). The summed E-state index contributed by atoms with van der Waals surface area (Å²) in [5.74, 6) is 1.56. The van der Waals surface area contributed by atoms with Gasteiger partial charge in [0.1, 0.15) is 18.1 Å². The highest BCUT2D eigenvalue weighted by Gasteiger charge is 2.24. The summed E-state index contributed by atoms with van der Waals surface area (Å²) < 4.78 is 5.67. The first kappa shape index (κ1) is 22.8. The Morgan fingerprint density at radius 1 is 1.20 bits per heavy atom. The topological polar surface area (TPSA) is 120 Å². The minimum absolute atomic E-state index is 0.113. The molecule has 0 saturated heterocycles. The van der Waals surface area contributed by atoms with E-state index in [1.165, 1.54) is 0 Å². The zero-order chi connectivity index (χ0) is 24.4. The summed E-state index contributed by atoms with van der Waals surface area (Å²) in [5.41, 5.74) is 6.05. The van der Waals surface area contributed by atoms with Crippen LogP contribution in [0.25, 0.3) is 0 Å². The van der Waals surface area contributed by atoms with Crippen LogP contribution in [0.15, 0.2) is 30.7 Å². The molecule has 3 aromatic rings. The Labute approximate surface area is 204 Å². The Morgan fingerprint density at radius 2 is 2.09 bits per heavy atom. The summed E-state index contributed by atoms with van der Waals surface area (Å²) in [6.07, 6.45) is 6.28. The Balaban J connectivity index is 1.28. The Bertz CT molecular complexity index is 1230. The highest BCUT2D eigenvalue weighted by molar-refractivity contribution is 5.91. The number of rotatable bonds is 6. The van der Waals surface area contributed by atoms with Gasteiger partial charge in [-0.15, -0.1) is 0 Å². The predicted octanol–water partition coefficient (Wildman–Crippen LogP) is 2.19. The molecule has 0 atom stereocenters. The maximum absolute atomic E-state index is 11.9. The molecule has 0 saturated carbocycles. The number of nitrogens with zero attached hydrogens (tertiary/aromatic N) is 6. The number of pyridine rings is 2. The third-order valence-electron chi connectivity index (χ3n) is 5.95. The molecule has 0 radical (unpaired) electrons. The first-order chi connectivity index (χ1) is 17.0. The van der Waals surface area contributed by atoms with Gasteiger partial charge in [-0.1, -0.05) is 0 Å². The fourth-order valence-electron chi connectivity index (χ4n) is 4.24. The number of likely N-dealkylation sites (N-methyl/N-ethyl adjacent to an activating group) is 1. The quantitative estimate of drug-likeness (QED) is 0.489. The smallest absolute Gasteiger partial charge is 0.239 e. The van der Waals surface area contributed by atoms with Crippen LogP contribution in [0.5, 0.6) is 5.88 Å². The maximum atomic E-state index is 11.9. The molecule has 0 unspecified atom stereocenters. The number of ether oxygens (including phenoxy) is 1. The molecule has 1 amide bonds. The van der Waals surface area contributed by atoms with Crippen molar-refractivity contribution in [3.8, 4) is 5.88 Å². The van der Waals surface area contributed by atoms with Crippen LogP contribution >= 0.6 is 0 Å². The van der Waals surface area contributed by atoms with Gasteiger partial charge in [-0.25, -0.2) is 19.9 Å². The van der Waals surface area contributed by atoms with E-state index >= 15 is 0 Å². The van der Waals surface area contributed by atoms with Crippen molar-refractivity contribution in [3.05, 3.63) is 47.5 Å². The number of hydrogen-bond donors (Lipinski definition) is 3. The highest BCUT2D eigenvalue weighted by Crippen LogP contribution is 2.36. The lowest BCUT2D eigenvalue weighted by Gasteiger charge is -2.32. The van der Waals surface area contributed by atoms with Crippen molar-refractivity contribution in [2.24, 2.45) is 0 Å². The fourth-order valence-corrected chi connectivity index (χ4v) is 4.24. The molecule has 3 N–H and O–H groups in total. The second kappa shape index (κ2) is 9.71. The van der Waals surface area contributed by atoms with Crippen molar-refractivity contribution in [1.82, 2.24) is 24.8 Å². The van der Waals surface area contributed by atoms with E-state index in [0.717, 1.165) is 53.4 Å². The second-order valence-corrected chi connectivity index (χ2v) is 8.90. The molecule has 0 bridgehead atoms. The summed E-state index contributed by atoms with van der Waals surface area (Å²) in [6, 6.07) is 3.59. The maximum Gasteiger partial charge on any atom is 0.239 e. The van der Waals surface area contributed by atoms with Gasteiger partial charge >= 0.3 is 0 Å². The van der Waals surface area contributed by atoms with Crippen molar-refractivity contribution >= 4 is 34.7 Å². The zero-order valence-electron chi connectivity index (χ0n) is 20.1. The molecule has 2 aliphatic rings. The van der Waals surface area contributed by atoms with E-state index in [1.54, 1.807) is 17.2 Å². The second-order valence-electron chi connectivity index (χ2n) is 8.90. The lowest BCUT2D eigenvalue weighted by atomic mass is 10.0. The first-order valence-corrected chi connectivity index (χ1v) is 11.6. The number of carbonyl (C=O) groups is 1. The summed E-state index contributed by atoms with van der Waals surface area (Å²) in [5, 5.41) is 9.39. The van der Waals surface area contributed by atoms with Crippen LogP contribution in [0.4, 0.5) is 28.8 Å². The van der Waals surface area contributed by atoms with Crippen molar-refractivity contribution in [2.75, 3.05) is 61.2 Å². The molecule has 5 rings (SSSR count). The van der Waals surface area contributed by atoms with E-state index in [4.69, 9.17) is 9.72 Å². The third kappa shape index (κ3) is 5.09. The zero-order valence-corrected chi connectivity index (χ0v) is 20.1. The minimum Gasteiger partial charge on any atom is -0.474 e. The molecule has 0 fully saturated rings. The van der Waals surface area contributed by atoms with E-state index < -0.39 is 0 Å². The lowest BCUT2D eigenvalue weighted by molar-refractivity contribution is -0.116. The molecule has 11 nitrogen and oxygen atoms in total. The van der Waals surface area contributed by atoms with Crippen molar-refractivity contribution in [1.29, 1.82) is 0 Å². The number of amides is 1. The van der Waals surface area contributed by atoms with Crippen molar-refractivity contribution in [3.63, 3.8) is 0 Å². The molecular formula is C24H29N9O2. The van der Waals surface area contributed by atoms with E-state index in [2.05, 4.69) is 42.7 Å². The van der Waals surface area contributed by atoms with Gasteiger partial charge in [-0.3, -0.25) is 4.79 Å². The summed E-state index contributed by atoms with van der Waals surface area (Å²) in [7, 11) is 3.68. The van der Waals surface area contributed by atoms with Gasteiger partial charge in [0.25, 0.3) is 0 Å². The summed E-state index contributed by atoms with van der Waals surface area (Å²) in [6.45, 7) is 5.35. The van der Waals surface area contributed by atoms with Crippen LogP contribution in [0.1, 0.15) is 16.8 Å². The van der Waals surface area contributed by atoms with Gasteiger partial charge in [-0.2, -0.15) is 0 Å². The number of nitrogens with one attached hydrogen (secondary N) is 3. The molecule has 2 aliphatic heterocycles. The number of carbonyl (C=O) groups excluding carboxylic acids is 1. The van der Waals surface area contributed by atoms with Crippen LogP contribution in [0.3, 0.4) is 0 Å². The van der Waals surface area contributed by atoms with E-state index in [-0.39, 0.29) is 5.91 Å². The highest BCUT2D eigenvalue weighted by atomic mass is 16.5. The van der Waals surface area contributed by atoms with Gasteiger partial charge in [0.05, 0.1) is 42.6 Å². The summed E-state index contributed by atoms with van der Waals surface area (Å²) >= 11 is 0. The van der Waals surface area contributed by atoms with Crippen LogP contribution < -0.4 is 25.6 Å². The normalized spacial score (nSPS) is 14.5. The SMILES string of the molecule is Cc1c(N2CCc3cnc(Nc4ccc(NC(=O)CN(C)C)nc4)nc3C2)cnc2c1NCCO2. The molecule has 5 heterocycles. The van der Waals surface area contributed by atoms with Crippen LogP contribution in [0.2, 0.25) is 0 Å².